The molecule has 2 rings (SSSR count). The summed E-state index contributed by atoms with van der Waals surface area (Å²) in [5.41, 5.74) is 0.866. The molecule has 0 radical (unpaired) electrons. The number of hydrogen-bond acceptors (Lipinski definition) is 6. The van der Waals surface area contributed by atoms with E-state index >= 15 is 0 Å². The highest BCUT2D eigenvalue weighted by molar-refractivity contribution is 7.92. The van der Waals surface area contributed by atoms with Crippen LogP contribution in [0.2, 0.25) is 0 Å². The number of anilines is 1. The molecule has 11 heteroatoms. The smallest absolute Gasteiger partial charge is 0.251 e. The zero-order valence-corrected chi connectivity index (χ0v) is 19.5. The molecule has 0 atom stereocenters. The third-order valence-electron chi connectivity index (χ3n) is 4.53. The molecule has 0 heterocycles. The van der Waals surface area contributed by atoms with E-state index in [1.165, 1.54) is 37.6 Å². The molecule has 0 spiro atoms. The second-order valence-electron chi connectivity index (χ2n) is 6.78. The lowest BCUT2D eigenvalue weighted by Gasteiger charge is -2.18. The quantitative estimate of drug-likeness (QED) is 0.528. The van der Waals surface area contributed by atoms with E-state index in [4.69, 9.17) is 4.74 Å². The molecule has 0 saturated heterocycles. The third-order valence-corrected chi connectivity index (χ3v) is 8.14. The first-order valence-corrected chi connectivity index (χ1v) is 12.5. The van der Waals surface area contributed by atoms with Crippen molar-refractivity contribution in [2.45, 2.75) is 11.8 Å². The lowest BCUT2D eigenvalue weighted by molar-refractivity contribution is 0.0947. The number of benzene rings is 2. The number of hydrogen-bond donors (Lipinski definition) is 1. The van der Waals surface area contributed by atoms with Gasteiger partial charge >= 0.3 is 0 Å². The van der Waals surface area contributed by atoms with Crippen molar-refractivity contribution in [2.24, 2.45) is 0 Å². The minimum absolute atomic E-state index is 0.0140. The molecule has 9 nitrogen and oxygen atoms in total. The highest BCUT2D eigenvalue weighted by atomic mass is 32.2. The van der Waals surface area contributed by atoms with Crippen LogP contribution in [0.4, 0.5) is 5.69 Å². The van der Waals surface area contributed by atoms with E-state index in [-0.39, 0.29) is 29.7 Å². The average molecular weight is 470 g/mol. The number of ether oxygens (including phenoxy) is 1. The lowest BCUT2D eigenvalue weighted by atomic mass is 10.2. The van der Waals surface area contributed by atoms with Crippen LogP contribution < -0.4 is 14.4 Å². The van der Waals surface area contributed by atoms with Crippen molar-refractivity contribution in [1.29, 1.82) is 0 Å². The zero-order chi connectivity index (χ0) is 23.2. The molecule has 0 aliphatic heterocycles. The number of amides is 1. The lowest BCUT2D eigenvalue weighted by Crippen LogP contribution is -2.29. The van der Waals surface area contributed by atoms with Crippen LogP contribution in [0.15, 0.2) is 53.4 Å². The van der Waals surface area contributed by atoms with Crippen molar-refractivity contribution in [3.05, 3.63) is 54.1 Å². The van der Waals surface area contributed by atoms with Gasteiger partial charge in [0.05, 0.1) is 22.9 Å². The minimum atomic E-state index is -3.49. The number of nitrogens with one attached hydrogen (secondary N) is 1. The summed E-state index contributed by atoms with van der Waals surface area (Å²) in [6, 6.07) is 12.3. The van der Waals surface area contributed by atoms with E-state index in [2.05, 4.69) is 5.32 Å². The van der Waals surface area contributed by atoms with Crippen molar-refractivity contribution >= 4 is 31.6 Å². The summed E-state index contributed by atoms with van der Waals surface area (Å²) in [6.45, 7) is 2.00. The van der Waals surface area contributed by atoms with E-state index in [1.54, 1.807) is 43.3 Å². The van der Waals surface area contributed by atoms with Gasteiger partial charge in [-0.1, -0.05) is 0 Å². The third kappa shape index (κ3) is 6.18. The Labute approximate surface area is 183 Å². The van der Waals surface area contributed by atoms with Gasteiger partial charge in [-0.15, -0.1) is 0 Å². The van der Waals surface area contributed by atoms with Gasteiger partial charge in [0.1, 0.15) is 12.4 Å². The van der Waals surface area contributed by atoms with Crippen LogP contribution in [-0.4, -0.2) is 67.1 Å². The monoisotopic (exact) mass is 469 g/mol. The standard InChI is InChI=1S/C20H27N3O6S2/c1-5-30(25,26)23(4)17-8-6-16(7-9-17)20(24)21-14-15-29-18-10-12-19(13-11-18)31(27,28)22(2)3/h6-13H,5,14-15H2,1-4H3,(H,21,24). The maximum absolute atomic E-state index is 12.2. The van der Waals surface area contributed by atoms with Crippen molar-refractivity contribution in [3.8, 4) is 5.75 Å². The Morgan fingerprint density at radius 2 is 1.52 bits per heavy atom. The predicted molar refractivity (Wildman–Crippen MR) is 119 cm³/mol. The largest absolute Gasteiger partial charge is 0.492 e. The number of carbonyl (C=O) groups excluding carboxylic acids is 1. The van der Waals surface area contributed by atoms with Crippen molar-refractivity contribution in [3.63, 3.8) is 0 Å². The predicted octanol–water partition coefficient (Wildman–Crippen LogP) is 1.53. The molecule has 0 aliphatic rings. The van der Waals surface area contributed by atoms with Crippen LogP contribution in [0.25, 0.3) is 0 Å². The van der Waals surface area contributed by atoms with Gasteiger partial charge in [0.15, 0.2) is 0 Å². The molecule has 31 heavy (non-hydrogen) atoms. The van der Waals surface area contributed by atoms with Gasteiger partial charge < -0.3 is 10.1 Å². The molecule has 2 aromatic rings. The summed E-state index contributed by atoms with van der Waals surface area (Å²) in [4.78, 5) is 12.4. The van der Waals surface area contributed by atoms with Gasteiger partial charge in [-0.25, -0.2) is 21.1 Å². The highest BCUT2D eigenvalue weighted by Crippen LogP contribution is 2.19. The van der Waals surface area contributed by atoms with Crippen molar-refractivity contribution in [2.75, 3.05) is 44.4 Å². The Balaban J connectivity index is 1.86. The van der Waals surface area contributed by atoms with Crippen molar-refractivity contribution in [1.82, 2.24) is 9.62 Å². The Hall–Kier alpha value is -2.63. The summed E-state index contributed by atoms with van der Waals surface area (Å²) in [7, 11) is -2.47. The Morgan fingerprint density at radius 3 is 2.03 bits per heavy atom. The molecule has 170 valence electrons. The fourth-order valence-corrected chi connectivity index (χ4v) is 4.26. The van der Waals surface area contributed by atoms with E-state index in [1.807, 2.05) is 0 Å². The summed E-state index contributed by atoms with van der Waals surface area (Å²) < 4.78 is 55.7. The Bertz CT molecular complexity index is 1100. The second kappa shape index (κ2) is 10.1. The van der Waals surface area contributed by atoms with Gasteiger partial charge in [0.25, 0.3) is 5.91 Å². The summed E-state index contributed by atoms with van der Waals surface area (Å²) >= 11 is 0. The molecule has 0 aliphatic carbocycles. The molecule has 0 bridgehead atoms. The molecule has 1 amide bonds. The van der Waals surface area contributed by atoms with Crippen LogP contribution in [-0.2, 0) is 20.0 Å². The highest BCUT2D eigenvalue weighted by Gasteiger charge is 2.17. The van der Waals surface area contributed by atoms with Crippen LogP contribution >= 0.6 is 0 Å². The van der Waals surface area contributed by atoms with Crippen LogP contribution in [0.1, 0.15) is 17.3 Å². The topological polar surface area (TPSA) is 113 Å². The van der Waals surface area contributed by atoms with Gasteiger partial charge in [-0.3, -0.25) is 9.10 Å². The number of rotatable bonds is 10. The van der Waals surface area contributed by atoms with Crippen LogP contribution in [0.5, 0.6) is 5.75 Å². The molecule has 0 unspecified atom stereocenters. The Kier molecular flexibility index (Phi) is 8.04. The van der Waals surface area contributed by atoms with Gasteiger partial charge in [0, 0.05) is 26.7 Å². The maximum atomic E-state index is 12.2. The summed E-state index contributed by atoms with van der Waals surface area (Å²) in [5.74, 6) is 0.153. The summed E-state index contributed by atoms with van der Waals surface area (Å²) in [6.07, 6.45) is 0. The van der Waals surface area contributed by atoms with E-state index in [9.17, 15) is 21.6 Å². The number of sulfonamides is 2. The second-order valence-corrected chi connectivity index (χ2v) is 11.2. The fourth-order valence-electron chi connectivity index (χ4n) is 2.53. The molecular weight excluding hydrogens is 442 g/mol. The van der Waals surface area contributed by atoms with Crippen LogP contribution in [0.3, 0.4) is 0 Å². The van der Waals surface area contributed by atoms with E-state index in [0.29, 0.717) is 17.0 Å². The first-order valence-electron chi connectivity index (χ1n) is 9.49. The first-order chi connectivity index (χ1) is 14.5. The van der Waals surface area contributed by atoms with Gasteiger partial charge in [-0.05, 0) is 55.5 Å². The van der Waals surface area contributed by atoms with Crippen LogP contribution in [0, 0.1) is 0 Å². The van der Waals surface area contributed by atoms with Gasteiger partial charge in [0.2, 0.25) is 20.0 Å². The molecular formula is C20H27N3O6S2. The Morgan fingerprint density at radius 1 is 0.935 bits per heavy atom. The molecule has 0 aromatic heterocycles. The van der Waals surface area contributed by atoms with Gasteiger partial charge in [-0.2, -0.15) is 0 Å². The molecule has 0 saturated carbocycles. The molecule has 2 aromatic carbocycles. The minimum Gasteiger partial charge on any atom is -0.492 e. The molecule has 1 N–H and O–H groups in total. The summed E-state index contributed by atoms with van der Waals surface area (Å²) in [5, 5.41) is 2.71. The number of carbonyl (C=O) groups is 1. The fraction of sp³-hybridized carbons (Fsp3) is 0.350. The first kappa shape index (κ1) is 24.6. The average Bonchev–Trinajstić information content (AvgIpc) is 2.76. The van der Waals surface area contributed by atoms with E-state index in [0.717, 1.165) is 4.31 Å². The molecule has 0 fully saturated rings. The number of nitrogens with zero attached hydrogens (tertiary/aromatic N) is 2. The maximum Gasteiger partial charge on any atom is 0.251 e. The zero-order valence-electron chi connectivity index (χ0n) is 17.9. The van der Waals surface area contributed by atoms with E-state index < -0.39 is 20.0 Å². The SMILES string of the molecule is CCS(=O)(=O)N(C)c1ccc(C(=O)NCCOc2ccc(S(=O)(=O)N(C)C)cc2)cc1. The normalized spacial score (nSPS) is 11.9. The van der Waals surface area contributed by atoms with Crippen molar-refractivity contribution < 1.29 is 26.4 Å².